The summed E-state index contributed by atoms with van der Waals surface area (Å²) < 4.78 is 46.7. The minimum absolute atomic E-state index is 0.387. The lowest BCUT2D eigenvalue weighted by molar-refractivity contribution is -0.137. The Labute approximate surface area is 268 Å². The van der Waals surface area contributed by atoms with Gasteiger partial charge in [-0.05, 0) is 103 Å². The van der Waals surface area contributed by atoms with Crippen molar-refractivity contribution in [2.24, 2.45) is 0 Å². The van der Waals surface area contributed by atoms with Crippen LogP contribution in [0, 0.1) is 27.3 Å². The predicted molar refractivity (Wildman–Crippen MR) is 184 cm³/mol. The number of nitrogens with zero attached hydrogens (tertiary/aromatic N) is 4. The smallest absolute Gasteiger partial charge is 0.308 e. The number of hydrogen-bond donors (Lipinski definition) is 0. The molecule has 0 aliphatic carbocycles. The van der Waals surface area contributed by atoms with E-state index in [1.807, 2.05) is 67.8 Å². The molecule has 0 amide bonds. The summed E-state index contributed by atoms with van der Waals surface area (Å²) in [4.78, 5) is 8.14. The number of aryl methyl sites for hydroxylation is 3. The molecule has 8 aromatic rings. The lowest BCUT2D eigenvalue weighted by Gasteiger charge is -2.20. The van der Waals surface area contributed by atoms with Gasteiger partial charge in [0.05, 0.1) is 45.6 Å². The van der Waals surface area contributed by atoms with E-state index in [1.54, 1.807) is 18.5 Å². The Kier molecular flexibility index (Phi) is 6.28. The average Bonchev–Trinajstić information content (AvgIpc) is 3.54. The van der Waals surface area contributed by atoms with E-state index >= 15 is 0 Å². The molecular formula is C40H27F3N4. The number of pyridine rings is 1. The standard InChI is InChI=1S/C40H27F3N4/c1-23-5-9-28-29-10-6-24(2)18-35(29)46(34(28)17-23)38-21-32(26-13-15-45-16-14-26)33(44-4)22-39(38)47-36-19-25(3)7-11-30(36)31-12-8-27(20-37(31)47)40(41,42)43/h5-22H,1-3H3. The van der Waals surface area contributed by atoms with Gasteiger partial charge in [0.2, 0.25) is 0 Å². The average molecular weight is 621 g/mol. The van der Waals surface area contributed by atoms with Crippen molar-refractivity contribution in [3.05, 3.63) is 143 Å². The Bertz CT molecular complexity index is 2540. The molecule has 5 aromatic carbocycles. The maximum absolute atomic E-state index is 14.2. The van der Waals surface area contributed by atoms with Gasteiger partial charge in [-0.3, -0.25) is 4.98 Å². The summed E-state index contributed by atoms with van der Waals surface area (Å²) in [6.45, 7) is 14.3. The molecule has 8 rings (SSSR count). The van der Waals surface area contributed by atoms with E-state index in [4.69, 9.17) is 6.57 Å². The molecule has 7 heteroatoms. The summed E-state index contributed by atoms with van der Waals surface area (Å²) in [6.07, 6.45) is -1.14. The van der Waals surface area contributed by atoms with Gasteiger partial charge in [-0.15, -0.1) is 0 Å². The second kappa shape index (κ2) is 10.3. The molecule has 0 saturated heterocycles. The fourth-order valence-electron chi connectivity index (χ4n) is 6.84. The molecule has 0 spiro atoms. The topological polar surface area (TPSA) is 27.1 Å². The first-order chi connectivity index (χ1) is 22.6. The highest BCUT2D eigenvalue weighted by molar-refractivity contribution is 6.12. The number of halogens is 3. The fraction of sp³-hybridized carbons (Fsp3) is 0.100. The van der Waals surface area contributed by atoms with Crippen LogP contribution in [0.3, 0.4) is 0 Å². The first kappa shape index (κ1) is 28.6. The van der Waals surface area contributed by atoms with Crippen LogP contribution in [0.5, 0.6) is 0 Å². The normalized spacial score (nSPS) is 12.0. The lowest BCUT2D eigenvalue weighted by atomic mass is 10.0. The zero-order valence-corrected chi connectivity index (χ0v) is 25.8. The quantitative estimate of drug-likeness (QED) is 0.181. The highest BCUT2D eigenvalue weighted by Gasteiger charge is 2.32. The van der Waals surface area contributed by atoms with Gasteiger partial charge in [0.1, 0.15) is 0 Å². The van der Waals surface area contributed by atoms with Crippen LogP contribution in [0.25, 0.3) is 71.0 Å². The number of benzene rings is 5. The van der Waals surface area contributed by atoms with Crippen LogP contribution in [0.1, 0.15) is 22.3 Å². The van der Waals surface area contributed by atoms with E-state index in [-0.39, 0.29) is 0 Å². The highest BCUT2D eigenvalue weighted by atomic mass is 19.4. The van der Waals surface area contributed by atoms with Crippen LogP contribution in [0.15, 0.2) is 109 Å². The largest absolute Gasteiger partial charge is 0.416 e. The molecule has 0 radical (unpaired) electrons. The van der Waals surface area contributed by atoms with Crippen molar-refractivity contribution in [1.82, 2.24) is 14.1 Å². The third-order valence-electron chi connectivity index (χ3n) is 9.02. The Balaban J connectivity index is 1.61. The van der Waals surface area contributed by atoms with Gasteiger partial charge in [-0.2, -0.15) is 13.2 Å². The molecule has 3 heterocycles. The van der Waals surface area contributed by atoms with Crippen molar-refractivity contribution in [2.75, 3.05) is 0 Å². The summed E-state index contributed by atoms with van der Waals surface area (Å²) in [6, 6.07) is 30.1. The van der Waals surface area contributed by atoms with Gasteiger partial charge in [0.15, 0.2) is 5.69 Å². The zero-order valence-electron chi connectivity index (χ0n) is 25.8. The number of rotatable bonds is 3. The molecule has 0 bridgehead atoms. The van der Waals surface area contributed by atoms with Gasteiger partial charge in [-0.25, -0.2) is 4.85 Å². The summed E-state index contributed by atoms with van der Waals surface area (Å²) >= 11 is 0. The number of fused-ring (bicyclic) bond motifs is 6. The van der Waals surface area contributed by atoms with Crippen LogP contribution in [0.2, 0.25) is 0 Å². The predicted octanol–water partition coefficient (Wildman–Crippen LogP) is 11.4. The van der Waals surface area contributed by atoms with Crippen LogP contribution in [0.4, 0.5) is 18.9 Å². The first-order valence-electron chi connectivity index (χ1n) is 15.2. The van der Waals surface area contributed by atoms with Crippen molar-refractivity contribution >= 4 is 49.3 Å². The van der Waals surface area contributed by atoms with Gasteiger partial charge in [0, 0.05) is 33.9 Å². The maximum atomic E-state index is 14.2. The zero-order chi connectivity index (χ0) is 32.6. The van der Waals surface area contributed by atoms with Crippen LogP contribution in [-0.4, -0.2) is 14.1 Å². The molecule has 0 N–H and O–H groups in total. The minimum atomic E-state index is -4.52. The van der Waals surface area contributed by atoms with Gasteiger partial charge >= 0.3 is 6.18 Å². The second-order valence-corrected chi connectivity index (χ2v) is 12.2. The van der Waals surface area contributed by atoms with E-state index in [2.05, 4.69) is 50.8 Å². The van der Waals surface area contributed by atoms with Gasteiger partial charge in [-0.1, -0.05) is 42.5 Å². The molecule has 228 valence electrons. The molecule has 0 aliphatic rings. The maximum Gasteiger partial charge on any atom is 0.416 e. The highest BCUT2D eigenvalue weighted by Crippen LogP contribution is 2.44. The Hall–Kier alpha value is -5.87. The molecule has 0 fully saturated rings. The van der Waals surface area contributed by atoms with Gasteiger partial charge in [0.25, 0.3) is 0 Å². The van der Waals surface area contributed by atoms with Crippen molar-refractivity contribution in [1.29, 1.82) is 0 Å². The summed E-state index contributed by atoms with van der Waals surface area (Å²) in [5, 5.41) is 3.67. The van der Waals surface area contributed by atoms with Crippen LogP contribution < -0.4 is 0 Å². The monoisotopic (exact) mass is 620 g/mol. The third-order valence-corrected chi connectivity index (χ3v) is 9.02. The molecule has 3 aromatic heterocycles. The molecule has 0 unspecified atom stereocenters. The Morgan fingerprint density at radius 2 is 1.02 bits per heavy atom. The minimum Gasteiger partial charge on any atom is -0.308 e. The molecule has 0 saturated carbocycles. The Morgan fingerprint density at radius 1 is 0.574 bits per heavy atom. The Morgan fingerprint density at radius 3 is 1.49 bits per heavy atom. The van der Waals surface area contributed by atoms with E-state index in [0.717, 1.165) is 66.7 Å². The van der Waals surface area contributed by atoms with Crippen molar-refractivity contribution < 1.29 is 13.2 Å². The van der Waals surface area contributed by atoms with E-state index in [1.165, 1.54) is 6.07 Å². The van der Waals surface area contributed by atoms with Crippen molar-refractivity contribution in [2.45, 2.75) is 26.9 Å². The van der Waals surface area contributed by atoms with E-state index in [9.17, 15) is 13.2 Å². The first-order valence-corrected chi connectivity index (χ1v) is 15.2. The third kappa shape index (κ3) is 4.48. The molecule has 0 atom stereocenters. The van der Waals surface area contributed by atoms with Gasteiger partial charge < -0.3 is 9.13 Å². The number of alkyl halides is 3. The molecular weight excluding hydrogens is 593 g/mol. The summed E-state index contributed by atoms with van der Waals surface area (Å²) in [5.41, 5.74) is 8.81. The molecule has 47 heavy (non-hydrogen) atoms. The van der Waals surface area contributed by atoms with Crippen molar-refractivity contribution in [3.63, 3.8) is 0 Å². The fourth-order valence-corrected chi connectivity index (χ4v) is 6.84. The molecule has 0 aliphatic heterocycles. The van der Waals surface area contributed by atoms with Crippen LogP contribution >= 0.6 is 0 Å². The second-order valence-electron chi connectivity index (χ2n) is 12.2. The van der Waals surface area contributed by atoms with E-state index < -0.39 is 11.7 Å². The molecule has 4 nitrogen and oxygen atoms in total. The lowest BCUT2D eigenvalue weighted by Crippen LogP contribution is -2.07. The van der Waals surface area contributed by atoms with Crippen LogP contribution in [-0.2, 0) is 6.18 Å². The van der Waals surface area contributed by atoms with E-state index in [0.29, 0.717) is 27.8 Å². The number of hydrogen-bond acceptors (Lipinski definition) is 1. The number of aromatic nitrogens is 3. The summed E-state index contributed by atoms with van der Waals surface area (Å²) in [5.74, 6) is 0. The van der Waals surface area contributed by atoms with Crippen molar-refractivity contribution in [3.8, 4) is 22.5 Å². The summed E-state index contributed by atoms with van der Waals surface area (Å²) in [7, 11) is 0. The SMILES string of the molecule is [C-]#[N+]c1cc(-n2c3cc(C)ccc3c3ccc(C(F)(F)F)cc32)c(-n2c3cc(C)ccc3c3ccc(C)cc32)cc1-c1ccncc1.